The van der Waals surface area contributed by atoms with E-state index in [4.69, 9.17) is 14.5 Å². The average Bonchev–Trinajstić information content (AvgIpc) is 3.08. The first-order chi connectivity index (χ1) is 16.7. The van der Waals surface area contributed by atoms with E-state index >= 15 is 0 Å². The van der Waals surface area contributed by atoms with Crippen molar-refractivity contribution in [2.45, 2.75) is 37.8 Å². The molecule has 0 aliphatic carbocycles. The van der Waals surface area contributed by atoms with Gasteiger partial charge in [-0.15, -0.1) is 0 Å². The van der Waals surface area contributed by atoms with Gasteiger partial charge in [0.1, 0.15) is 6.61 Å². The van der Waals surface area contributed by atoms with Gasteiger partial charge in [-0.2, -0.15) is 0 Å². The molecule has 182 valence electrons. The van der Waals surface area contributed by atoms with Gasteiger partial charge in [-0.25, -0.2) is 9.97 Å². The summed E-state index contributed by atoms with van der Waals surface area (Å²) in [6.45, 7) is 7.55. The Morgan fingerprint density at radius 3 is 2.71 bits per heavy atom. The number of morpholine rings is 2. The molecule has 2 aromatic rings. The van der Waals surface area contributed by atoms with Gasteiger partial charge in [0, 0.05) is 45.5 Å². The summed E-state index contributed by atoms with van der Waals surface area (Å²) in [7, 11) is 0. The zero-order valence-electron chi connectivity index (χ0n) is 19.9. The lowest BCUT2D eigenvalue weighted by atomic mass is 9.92. The van der Waals surface area contributed by atoms with Gasteiger partial charge < -0.3 is 19.3 Å². The van der Waals surface area contributed by atoms with Crippen molar-refractivity contribution in [2.24, 2.45) is 0 Å². The van der Waals surface area contributed by atoms with Gasteiger partial charge in [-0.05, 0) is 43.9 Å². The molecule has 1 amide bonds. The van der Waals surface area contributed by atoms with Crippen molar-refractivity contribution in [1.29, 1.82) is 0 Å². The minimum atomic E-state index is -0.232. The fourth-order valence-corrected chi connectivity index (χ4v) is 5.20. The Morgan fingerprint density at radius 2 is 1.85 bits per heavy atom. The molecular formula is C26H35N5O3. The Hall–Kier alpha value is -2.55. The average molecular weight is 466 g/mol. The van der Waals surface area contributed by atoms with E-state index in [2.05, 4.69) is 39.0 Å². The van der Waals surface area contributed by atoms with Crippen LogP contribution in [0.4, 0.5) is 5.95 Å². The standard InChI is InChI=1S/C26H35N5O3/c32-24-20-34-26(21-31(24)13-8-22-5-2-1-3-6-22)9-4-12-29(14-10-26)19-23-7-11-27-25(28-23)30-15-17-33-18-16-30/h1-3,5-7,11H,4,8-10,12-21H2/t26-/m0/s1. The fourth-order valence-electron chi connectivity index (χ4n) is 5.20. The van der Waals surface area contributed by atoms with Gasteiger partial charge in [0.2, 0.25) is 11.9 Å². The number of benzene rings is 1. The van der Waals surface area contributed by atoms with Crippen molar-refractivity contribution >= 4 is 11.9 Å². The fraction of sp³-hybridized carbons (Fsp3) is 0.577. The summed E-state index contributed by atoms with van der Waals surface area (Å²) < 4.78 is 11.7. The van der Waals surface area contributed by atoms with Crippen LogP contribution in [0.25, 0.3) is 0 Å². The zero-order valence-corrected chi connectivity index (χ0v) is 19.9. The third-order valence-electron chi connectivity index (χ3n) is 7.22. The number of ether oxygens (including phenoxy) is 2. The highest BCUT2D eigenvalue weighted by atomic mass is 16.5. The molecular weight excluding hydrogens is 430 g/mol. The van der Waals surface area contributed by atoms with E-state index in [1.807, 2.05) is 23.2 Å². The van der Waals surface area contributed by atoms with E-state index < -0.39 is 0 Å². The lowest BCUT2D eigenvalue weighted by Crippen LogP contribution is -2.55. The number of likely N-dealkylation sites (tertiary alicyclic amines) is 1. The molecule has 1 aromatic heterocycles. The predicted molar refractivity (Wildman–Crippen MR) is 130 cm³/mol. The molecule has 1 atom stereocenters. The molecule has 1 aromatic carbocycles. The molecule has 8 heteroatoms. The van der Waals surface area contributed by atoms with E-state index in [-0.39, 0.29) is 18.1 Å². The van der Waals surface area contributed by atoms with Gasteiger partial charge in [0.05, 0.1) is 24.5 Å². The highest BCUT2D eigenvalue weighted by Crippen LogP contribution is 2.31. The molecule has 34 heavy (non-hydrogen) atoms. The van der Waals surface area contributed by atoms with E-state index in [0.717, 1.165) is 89.8 Å². The molecule has 8 nitrogen and oxygen atoms in total. The Labute approximate surface area is 201 Å². The van der Waals surface area contributed by atoms with Crippen LogP contribution in [0.2, 0.25) is 0 Å². The van der Waals surface area contributed by atoms with Crippen LogP contribution < -0.4 is 4.90 Å². The number of anilines is 1. The summed E-state index contributed by atoms with van der Waals surface area (Å²) in [6, 6.07) is 12.4. The molecule has 4 heterocycles. The van der Waals surface area contributed by atoms with Crippen molar-refractivity contribution in [3.63, 3.8) is 0 Å². The number of amides is 1. The number of carbonyl (C=O) groups excluding carboxylic acids is 1. The first-order valence-electron chi connectivity index (χ1n) is 12.5. The molecule has 0 unspecified atom stereocenters. The summed E-state index contributed by atoms with van der Waals surface area (Å²) >= 11 is 0. The van der Waals surface area contributed by atoms with Gasteiger partial charge in [-0.3, -0.25) is 9.69 Å². The molecule has 3 aliphatic rings. The van der Waals surface area contributed by atoms with Crippen molar-refractivity contribution < 1.29 is 14.3 Å². The van der Waals surface area contributed by atoms with Crippen molar-refractivity contribution in [3.8, 4) is 0 Å². The SMILES string of the molecule is O=C1CO[C@]2(CCCN(Cc3ccnc(N4CCOCC4)n3)CC2)CN1CCc1ccccc1. The molecule has 3 fully saturated rings. The maximum absolute atomic E-state index is 12.6. The van der Waals surface area contributed by atoms with Crippen molar-refractivity contribution in [2.75, 3.05) is 64.0 Å². The molecule has 1 spiro atoms. The molecule has 3 saturated heterocycles. The van der Waals surface area contributed by atoms with Crippen LogP contribution in [0.15, 0.2) is 42.6 Å². The summed E-state index contributed by atoms with van der Waals surface area (Å²) in [5, 5.41) is 0. The molecule has 0 N–H and O–H groups in total. The highest BCUT2D eigenvalue weighted by molar-refractivity contribution is 5.78. The third-order valence-corrected chi connectivity index (χ3v) is 7.22. The van der Waals surface area contributed by atoms with E-state index in [1.54, 1.807) is 0 Å². The summed E-state index contributed by atoms with van der Waals surface area (Å²) in [6.07, 6.45) is 5.73. The maximum Gasteiger partial charge on any atom is 0.248 e. The van der Waals surface area contributed by atoms with Crippen LogP contribution in [0.3, 0.4) is 0 Å². The third kappa shape index (κ3) is 5.74. The Bertz CT molecular complexity index is 952. The molecule has 0 bridgehead atoms. The van der Waals surface area contributed by atoms with Crippen LogP contribution >= 0.6 is 0 Å². The number of aromatic nitrogens is 2. The normalized spacial score (nSPS) is 24.4. The molecule has 5 rings (SSSR count). The van der Waals surface area contributed by atoms with Crippen molar-refractivity contribution in [3.05, 3.63) is 53.9 Å². The Kier molecular flexibility index (Phi) is 7.37. The lowest BCUT2D eigenvalue weighted by Gasteiger charge is -2.42. The minimum Gasteiger partial charge on any atom is -0.378 e. The number of carbonyl (C=O) groups is 1. The predicted octanol–water partition coefficient (Wildman–Crippen LogP) is 2.14. The topological polar surface area (TPSA) is 71.0 Å². The first-order valence-corrected chi connectivity index (χ1v) is 12.5. The van der Waals surface area contributed by atoms with Crippen molar-refractivity contribution in [1.82, 2.24) is 19.8 Å². The van der Waals surface area contributed by atoms with Gasteiger partial charge in [0.15, 0.2) is 0 Å². The number of nitrogens with zero attached hydrogens (tertiary/aromatic N) is 5. The summed E-state index contributed by atoms with van der Waals surface area (Å²) in [5.41, 5.74) is 2.09. The Morgan fingerprint density at radius 1 is 1.00 bits per heavy atom. The maximum atomic E-state index is 12.6. The Balaban J connectivity index is 1.17. The van der Waals surface area contributed by atoms with Crippen LogP contribution in [-0.4, -0.2) is 90.4 Å². The number of hydrogen-bond donors (Lipinski definition) is 0. The van der Waals surface area contributed by atoms with Crippen LogP contribution in [0, 0.1) is 0 Å². The zero-order chi connectivity index (χ0) is 23.2. The van der Waals surface area contributed by atoms with E-state index in [0.29, 0.717) is 6.54 Å². The van der Waals surface area contributed by atoms with Gasteiger partial charge >= 0.3 is 0 Å². The van der Waals surface area contributed by atoms with E-state index in [9.17, 15) is 4.79 Å². The number of hydrogen-bond acceptors (Lipinski definition) is 7. The van der Waals surface area contributed by atoms with Crippen LogP contribution in [0.1, 0.15) is 30.5 Å². The summed E-state index contributed by atoms with van der Waals surface area (Å²) in [4.78, 5) is 28.6. The van der Waals surface area contributed by atoms with Crippen LogP contribution in [0.5, 0.6) is 0 Å². The van der Waals surface area contributed by atoms with Gasteiger partial charge in [0.25, 0.3) is 0 Å². The summed E-state index contributed by atoms with van der Waals surface area (Å²) in [5.74, 6) is 0.912. The smallest absolute Gasteiger partial charge is 0.248 e. The molecule has 0 saturated carbocycles. The second kappa shape index (κ2) is 10.8. The number of rotatable bonds is 6. The van der Waals surface area contributed by atoms with E-state index in [1.165, 1.54) is 5.56 Å². The second-order valence-corrected chi connectivity index (χ2v) is 9.60. The lowest BCUT2D eigenvalue weighted by molar-refractivity contribution is -0.165. The monoisotopic (exact) mass is 465 g/mol. The first kappa shape index (κ1) is 23.2. The largest absolute Gasteiger partial charge is 0.378 e. The van der Waals surface area contributed by atoms with Gasteiger partial charge in [-0.1, -0.05) is 30.3 Å². The molecule has 0 radical (unpaired) electrons. The second-order valence-electron chi connectivity index (χ2n) is 9.60. The molecule has 3 aliphatic heterocycles. The highest BCUT2D eigenvalue weighted by Gasteiger charge is 2.40. The minimum absolute atomic E-state index is 0.110. The quantitative estimate of drug-likeness (QED) is 0.647. The van der Waals surface area contributed by atoms with Crippen LogP contribution in [-0.2, 0) is 27.2 Å².